The quantitative estimate of drug-likeness (QED) is 0.772. The number of hydrogen-bond donors (Lipinski definition) is 1. The Balaban J connectivity index is 1.43. The Morgan fingerprint density at radius 2 is 1.74 bits per heavy atom. The molecule has 1 fully saturated rings. The highest BCUT2D eigenvalue weighted by Crippen LogP contribution is 2.22. The zero-order valence-corrected chi connectivity index (χ0v) is 16.7. The summed E-state index contributed by atoms with van der Waals surface area (Å²) in [6.07, 6.45) is 0.540. The maximum atomic E-state index is 12.4. The van der Waals surface area contributed by atoms with Crippen molar-refractivity contribution in [2.45, 2.75) is 33.2 Å². The molecule has 1 aromatic heterocycles. The van der Waals surface area contributed by atoms with Crippen LogP contribution in [0.15, 0.2) is 24.3 Å². The van der Waals surface area contributed by atoms with E-state index in [0.717, 1.165) is 30.9 Å². The number of anilines is 1. The molecule has 7 heteroatoms. The number of thiazole rings is 1. The van der Waals surface area contributed by atoms with E-state index in [4.69, 9.17) is 5.73 Å². The number of benzene rings is 1. The van der Waals surface area contributed by atoms with E-state index in [2.05, 4.69) is 9.88 Å². The van der Waals surface area contributed by atoms with E-state index in [1.54, 1.807) is 0 Å². The summed E-state index contributed by atoms with van der Waals surface area (Å²) in [6.45, 7) is 7.85. The lowest BCUT2D eigenvalue weighted by atomic mass is 10.0. The van der Waals surface area contributed by atoms with E-state index in [0.29, 0.717) is 23.8 Å². The van der Waals surface area contributed by atoms with Crippen LogP contribution in [-0.4, -0.2) is 52.7 Å². The van der Waals surface area contributed by atoms with Gasteiger partial charge in [0.05, 0.1) is 5.69 Å². The van der Waals surface area contributed by atoms with Gasteiger partial charge in [-0.1, -0.05) is 29.8 Å². The SMILES string of the molecule is Cc1ccc(C(=O)CCC(=O)N2CCN(Cc3sc(N)nc3C)CC2)cc1. The van der Waals surface area contributed by atoms with Crippen molar-refractivity contribution >= 4 is 28.2 Å². The summed E-state index contributed by atoms with van der Waals surface area (Å²) >= 11 is 1.53. The molecule has 0 bridgehead atoms. The molecule has 0 aliphatic carbocycles. The molecule has 1 amide bonds. The third kappa shape index (κ3) is 5.14. The topological polar surface area (TPSA) is 79.5 Å². The minimum Gasteiger partial charge on any atom is -0.375 e. The molecule has 2 N–H and O–H groups in total. The zero-order chi connectivity index (χ0) is 19.4. The number of carbonyl (C=O) groups excluding carboxylic acids is 2. The molecule has 0 unspecified atom stereocenters. The first-order valence-electron chi connectivity index (χ1n) is 9.24. The van der Waals surface area contributed by atoms with E-state index in [1.165, 1.54) is 16.2 Å². The highest BCUT2D eigenvalue weighted by molar-refractivity contribution is 7.15. The molecule has 1 aromatic carbocycles. The van der Waals surface area contributed by atoms with Gasteiger partial charge in [-0.25, -0.2) is 4.98 Å². The fourth-order valence-electron chi connectivity index (χ4n) is 3.22. The van der Waals surface area contributed by atoms with Gasteiger partial charge in [0.25, 0.3) is 0 Å². The molecule has 144 valence electrons. The molecule has 2 heterocycles. The van der Waals surface area contributed by atoms with Gasteiger partial charge in [0.2, 0.25) is 5.91 Å². The number of ketones is 1. The number of nitrogens with two attached hydrogens (primary N) is 1. The molecule has 27 heavy (non-hydrogen) atoms. The van der Waals surface area contributed by atoms with Gasteiger partial charge in [-0.2, -0.15) is 0 Å². The monoisotopic (exact) mass is 386 g/mol. The van der Waals surface area contributed by atoms with Crippen molar-refractivity contribution in [1.82, 2.24) is 14.8 Å². The third-order valence-electron chi connectivity index (χ3n) is 4.94. The van der Waals surface area contributed by atoms with Crippen molar-refractivity contribution in [2.75, 3.05) is 31.9 Å². The van der Waals surface area contributed by atoms with E-state index in [1.807, 2.05) is 43.0 Å². The minimum absolute atomic E-state index is 0.0280. The molecule has 2 aromatic rings. The standard InChI is InChI=1S/C20H26N4O2S/c1-14-3-5-16(6-4-14)17(25)7-8-19(26)24-11-9-23(10-12-24)13-18-15(2)22-20(21)27-18/h3-6H,7-13H2,1-2H3,(H2,21,22). The minimum atomic E-state index is 0.0280. The smallest absolute Gasteiger partial charge is 0.223 e. The lowest BCUT2D eigenvalue weighted by Crippen LogP contribution is -2.48. The van der Waals surface area contributed by atoms with Gasteiger partial charge in [-0.3, -0.25) is 14.5 Å². The highest BCUT2D eigenvalue weighted by atomic mass is 32.1. The predicted molar refractivity (Wildman–Crippen MR) is 108 cm³/mol. The Labute approximate surface area is 164 Å². The Kier molecular flexibility index (Phi) is 6.23. The number of Topliss-reactive ketones (excluding diaryl/α,β-unsaturated/α-hetero) is 1. The first-order chi connectivity index (χ1) is 12.9. The van der Waals surface area contributed by atoms with Gasteiger partial charge < -0.3 is 10.6 Å². The maximum Gasteiger partial charge on any atom is 0.223 e. The van der Waals surface area contributed by atoms with Crippen molar-refractivity contribution in [2.24, 2.45) is 0 Å². The van der Waals surface area contributed by atoms with Gasteiger partial charge in [-0.05, 0) is 13.8 Å². The largest absolute Gasteiger partial charge is 0.375 e. The second-order valence-corrected chi connectivity index (χ2v) is 8.12. The summed E-state index contributed by atoms with van der Waals surface area (Å²) in [4.78, 5) is 34.3. The Bertz CT molecular complexity index is 808. The van der Waals surface area contributed by atoms with Crippen LogP contribution in [0.5, 0.6) is 0 Å². The summed E-state index contributed by atoms with van der Waals surface area (Å²) in [5.41, 5.74) is 8.55. The number of nitrogens with zero attached hydrogens (tertiary/aromatic N) is 3. The number of carbonyl (C=O) groups is 2. The van der Waals surface area contributed by atoms with Crippen LogP contribution in [0.2, 0.25) is 0 Å². The molecule has 1 aliphatic rings. The Morgan fingerprint density at radius 3 is 2.33 bits per heavy atom. The zero-order valence-electron chi connectivity index (χ0n) is 15.9. The van der Waals surface area contributed by atoms with Gasteiger partial charge in [0, 0.05) is 56.0 Å². The Hall–Kier alpha value is -2.25. The molecule has 6 nitrogen and oxygen atoms in total. The molecule has 1 saturated heterocycles. The second-order valence-electron chi connectivity index (χ2n) is 7.01. The van der Waals surface area contributed by atoms with Crippen LogP contribution < -0.4 is 5.73 Å². The molecule has 0 atom stereocenters. The van der Waals surface area contributed by atoms with Crippen LogP contribution in [0, 0.1) is 13.8 Å². The van der Waals surface area contributed by atoms with Crippen LogP contribution in [-0.2, 0) is 11.3 Å². The molecule has 0 saturated carbocycles. The molecular weight excluding hydrogens is 360 g/mol. The number of rotatable bonds is 6. The normalized spacial score (nSPS) is 15.1. The average Bonchev–Trinajstić information content (AvgIpc) is 2.97. The van der Waals surface area contributed by atoms with Gasteiger partial charge in [-0.15, -0.1) is 11.3 Å². The maximum absolute atomic E-state index is 12.4. The second kappa shape index (κ2) is 8.63. The molecular formula is C20H26N4O2S. The summed E-state index contributed by atoms with van der Waals surface area (Å²) in [5.74, 6) is 0.0913. The van der Waals surface area contributed by atoms with Crippen molar-refractivity contribution in [1.29, 1.82) is 0 Å². The number of hydrogen-bond acceptors (Lipinski definition) is 6. The molecule has 0 spiro atoms. The van der Waals surface area contributed by atoms with Crippen molar-refractivity contribution in [3.05, 3.63) is 46.0 Å². The average molecular weight is 387 g/mol. The fourth-order valence-corrected chi connectivity index (χ4v) is 4.09. The van der Waals surface area contributed by atoms with Crippen molar-refractivity contribution in [3.8, 4) is 0 Å². The highest BCUT2D eigenvalue weighted by Gasteiger charge is 2.22. The lowest BCUT2D eigenvalue weighted by Gasteiger charge is -2.34. The summed E-state index contributed by atoms with van der Waals surface area (Å²) in [6, 6.07) is 7.50. The van der Waals surface area contributed by atoms with E-state index < -0.39 is 0 Å². The van der Waals surface area contributed by atoms with Gasteiger partial charge in [0.1, 0.15) is 0 Å². The number of nitrogen functional groups attached to an aromatic ring is 1. The van der Waals surface area contributed by atoms with Crippen LogP contribution in [0.4, 0.5) is 5.13 Å². The third-order valence-corrected chi connectivity index (χ3v) is 5.91. The van der Waals surface area contributed by atoms with Crippen LogP contribution in [0.25, 0.3) is 0 Å². The first-order valence-corrected chi connectivity index (χ1v) is 10.1. The van der Waals surface area contributed by atoms with E-state index >= 15 is 0 Å². The van der Waals surface area contributed by atoms with Crippen LogP contribution in [0.1, 0.15) is 39.3 Å². The fraction of sp³-hybridized carbons (Fsp3) is 0.450. The van der Waals surface area contributed by atoms with Gasteiger partial charge in [0.15, 0.2) is 10.9 Å². The number of amides is 1. The van der Waals surface area contributed by atoms with Crippen LogP contribution in [0.3, 0.4) is 0 Å². The van der Waals surface area contributed by atoms with Crippen LogP contribution >= 0.6 is 11.3 Å². The predicted octanol–water partition coefficient (Wildman–Crippen LogP) is 2.65. The van der Waals surface area contributed by atoms with Crippen molar-refractivity contribution < 1.29 is 9.59 Å². The van der Waals surface area contributed by atoms with E-state index in [9.17, 15) is 9.59 Å². The number of aromatic nitrogens is 1. The van der Waals surface area contributed by atoms with E-state index in [-0.39, 0.29) is 24.5 Å². The lowest BCUT2D eigenvalue weighted by molar-refractivity contribution is -0.132. The molecule has 3 rings (SSSR count). The summed E-state index contributed by atoms with van der Waals surface area (Å²) in [5, 5.41) is 0.606. The Morgan fingerprint density at radius 1 is 1.07 bits per heavy atom. The molecule has 1 aliphatic heterocycles. The van der Waals surface area contributed by atoms with Gasteiger partial charge >= 0.3 is 0 Å². The summed E-state index contributed by atoms with van der Waals surface area (Å²) in [7, 11) is 0. The number of aryl methyl sites for hydroxylation is 2. The summed E-state index contributed by atoms with van der Waals surface area (Å²) < 4.78 is 0. The molecule has 0 radical (unpaired) electrons. The first kappa shape index (κ1) is 19.5. The van der Waals surface area contributed by atoms with Crippen molar-refractivity contribution in [3.63, 3.8) is 0 Å². The number of piperazine rings is 1.